The predicted molar refractivity (Wildman–Crippen MR) is 133 cm³/mol. The van der Waals surface area contributed by atoms with Crippen LogP contribution in [0.4, 0.5) is 0 Å². The molecule has 0 heterocycles. The van der Waals surface area contributed by atoms with E-state index in [0.717, 1.165) is 36.8 Å². The highest BCUT2D eigenvalue weighted by molar-refractivity contribution is 7.90. The summed E-state index contributed by atoms with van der Waals surface area (Å²) in [5.74, 6) is 2.11. The molecule has 0 aromatic heterocycles. The molecule has 2 aromatic carbocycles. The van der Waals surface area contributed by atoms with Gasteiger partial charge in [0.15, 0.2) is 32.8 Å². The molecule has 0 bridgehead atoms. The lowest BCUT2D eigenvalue weighted by molar-refractivity contribution is 0.0667. The van der Waals surface area contributed by atoms with Crippen LogP contribution in [0.5, 0.6) is 28.7 Å². The number of benzene rings is 2. The lowest BCUT2D eigenvalue weighted by Gasteiger charge is -2.37. The van der Waals surface area contributed by atoms with Gasteiger partial charge in [-0.15, -0.1) is 0 Å². The van der Waals surface area contributed by atoms with Gasteiger partial charge in [-0.25, -0.2) is 8.42 Å². The second-order valence-electron chi connectivity index (χ2n) is 8.63. The molecule has 0 spiro atoms. The second kappa shape index (κ2) is 11.0. The summed E-state index contributed by atoms with van der Waals surface area (Å²) in [7, 11) is 4.25. The zero-order valence-electron chi connectivity index (χ0n) is 21.6. The molecule has 2 unspecified atom stereocenters. The van der Waals surface area contributed by atoms with Crippen LogP contribution in [0.1, 0.15) is 43.7 Å². The van der Waals surface area contributed by atoms with Crippen LogP contribution in [-0.4, -0.2) is 62.9 Å². The first-order valence-corrected chi connectivity index (χ1v) is 13.5. The molecule has 194 valence electrons. The molecule has 2 aromatic rings. The van der Waals surface area contributed by atoms with Crippen LogP contribution in [0.15, 0.2) is 29.2 Å². The predicted octanol–water partition coefficient (Wildman–Crippen LogP) is 4.40. The third-order valence-corrected chi connectivity index (χ3v) is 7.76. The van der Waals surface area contributed by atoms with E-state index in [0.29, 0.717) is 29.6 Å². The summed E-state index contributed by atoms with van der Waals surface area (Å²) >= 11 is 0. The van der Waals surface area contributed by atoms with Crippen molar-refractivity contribution in [2.75, 3.05) is 48.4 Å². The first-order valence-electron chi connectivity index (χ1n) is 11.6. The van der Waals surface area contributed by atoms with E-state index in [1.165, 1.54) is 13.4 Å². The van der Waals surface area contributed by atoms with Gasteiger partial charge >= 0.3 is 0 Å². The molecule has 1 aliphatic rings. The molecule has 0 N–H and O–H groups in total. The molecule has 0 amide bonds. The Kier molecular flexibility index (Phi) is 8.43. The van der Waals surface area contributed by atoms with E-state index in [2.05, 4.69) is 0 Å². The molecule has 35 heavy (non-hydrogen) atoms. The van der Waals surface area contributed by atoms with Gasteiger partial charge in [0.1, 0.15) is 4.90 Å². The van der Waals surface area contributed by atoms with Crippen molar-refractivity contribution in [3.8, 4) is 28.7 Å². The van der Waals surface area contributed by atoms with E-state index in [9.17, 15) is 8.42 Å². The maximum absolute atomic E-state index is 12.9. The van der Waals surface area contributed by atoms with E-state index in [1.807, 2.05) is 25.1 Å². The Labute approximate surface area is 208 Å². The van der Waals surface area contributed by atoms with Crippen molar-refractivity contribution in [2.24, 2.45) is 0 Å². The standard InChI is InChI=1S/C26H36O8S/c1-8-12-34-25-21(31-4)15-18(16-22(25)35(7,27)28)26(11-9-10-23(26)32-5)17-13-19(29-2)24(33-6)20(14-17)30-3/h13-16,23H,8-12H2,1-7H3. The third kappa shape index (κ3) is 4.89. The summed E-state index contributed by atoms with van der Waals surface area (Å²) in [6, 6.07) is 7.38. The van der Waals surface area contributed by atoms with Crippen molar-refractivity contribution >= 4 is 9.84 Å². The number of hydrogen-bond acceptors (Lipinski definition) is 8. The molecule has 3 rings (SSSR count). The van der Waals surface area contributed by atoms with Gasteiger partial charge < -0.3 is 28.4 Å². The van der Waals surface area contributed by atoms with E-state index < -0.39 is 15.3 Å². The minimum absolute atomic E-state index is 0.0915. The van der Waals surface area contributed by atoms with Crippen molar-refractivity contribution in [3.63, 3.8) is 0 Å². The summed E-state index contributed by atoms with van der Waals surface area (Å²) in [5, 5.41) is 0. The fourth-order valence-corrected chi connectivity index (χ4v) is 5.90. The molecule has 9 heteroatoms. The minimum Gasteiger partial charge on any atom is -0.493 e. The zero-order chi connectivity index (χ0) is 25.8. The Morgan fingerprint density at radius 1 is 0.857 bits per heavy atom. The highest BCUT2D eigenvalue weighted by atomic mass is 32.2. The lowest BCUT2D eigenvalue weighted by atomic mass is 9.71. The normalized spacial score (nSPS) is 19.9. The van der Waals surface area contributed by atoms with E-state index in [-0.39, 0.29) is 16.7 Å². The van der Waals surface area contributed by atoms with Crippen molar-refractivity contribution in [1.82, 2.24) is 0 Å². The number of sulfone groups is 1. The van der Waals surface area contributed by atoms with E-state index in [4.69, 9.17) is 28.4 Å². The number of methoxy groups -OCH3 is 5. The second-order valence-corrected chi connectivity index (χ2v) is 10.6. The molecule has 2 atom stereocenters. The molecule has 8 nitrogen and oxygen atoms in total. The molecule has 1 saturated carbocycles. The van der Waals surface area contributed by atoms with Crippen LogP contribution in [0.3, 0.4) is 0 Å². The van der Waals surface area contributed by atoms with Crippen LogP contribution in [0.25, 0.3) is 0 Å². The Hall–Kier alpha value is -2.65. The molecule has 1 aliphatic carbocycles. The average Bonchev–Trinajstić information content (AvgIpc) is 3.30. The van der Waals surface area contributed by atoms with Gasteiger partial charge in [-0.05, 0) is 61.1 Å². The summed E-state index contributed by atoms with van der Waals surface area (Å²) < 4.78 is 60.1. The van der Waals surface area contributed by atoms with Crippen LogP contribution < -0.4 is 23.7 Å². The molecular weight excluding hydrogens is 472 g/mol. The van der Waals surface area contributed by atoms with Gasteiger partial charge in [0.05, 0.1) is 41.2 Å². The van der Waals surface area contributed by atoms with Crippen molar-refractivity contribution in [3.05, 3.63) is 35.4 Å². The van der Waals surface area contributed by atoms with Gasteiger partial charge in [-0.3, -0.25) is 0 Å². The summed E-state index contributed by atoms with van der Waals surface area (Å²) in [6.45, 7) is 2.33. The Morgan fingerprint density at radius 2 is 1.40 bits per heavy atom. The summed E-state index contributed by atoms with van der Waals surface area (Å²) in [6.07, 6.45) is 4.11. The topological polar surface area (TPSA) is 89.5 Å². The van der Waals surface area contributed by atoms with E-state index in [1.54, 1.807) is 34.5 Å². The fraction of sp³-hybridized carbons (Fsp3) is 0.538. The van der Waals surface area contributed by atoms with Crippen LogP contribution in [-0.2, 0) is 20.0 Å². The first-order chi connectivity index (χ1) is 16.7. The Balaban J connectivity index is 2.39. The average molecular weight is 509 g/mol. The van der Waals surface area contributed by atoms with Gasteiger partial charge in [-0.2, -0.15) is 0 Å². The maximum Gasteiger partial charge on any atom is 0.203 e. The number of rotatable bonds is 11. The monoisotopic (exact) mass is 508 g/mol. The number of ether oxygens (including phenoxy) is 6. The highest BCUT2D eigenvalue weighted by Gasteiger charge is 2.48. The Bertz CT molecular complexity index is 1120. The molecule has 0 radical (unpaired) electrons. The first kappa shape index (κ1) is 26.9. The maximum atomic E-state index is 12.9. The number of hydrogen-bond donors (Lipinski definition) is 0. The van der Waals surface area contributed by atoms with Crippen molar-refractivity contribution in [2.45, 2.75) is 49.0 Å². The molecule has 0 saturated heterocycles. The van der Waals surface area contributed by atoms with Crippen molar-refractivity contribution in [1.29, 1.82) is 0 Å². The zero-order valence-corrected chi connectivity index (χ0v) is 22.4. The SMILES string of the molecule is CCCOc1c(OC)cc(C2(c3cc(OC)c(OC)c(OC)c3)CCCC2OC)cc1S(C)(=O)=O. The van der Waals surface area contributed by atoms with Gasteiger partial charge in [-0.1, -0.05) is 6.92 Å². The van der Waals surface area contributed by atoms with Crippen LogP contribution in [0, 0.1) is 0 Å². The van der Waals surface area contributed by atoms with Crippen LogP contribution >= 0.6 is 0 Å². The van der Waals surface area contributed by atoms with Gasteiger partial charge in [0.25, 0.3) is 0 Å². The lowest BCUT2D eigenvalue weighted by Crippen LogP contribution is -2.37. The van der Waals surface area contributed by atoms with Crippen molar-refractivity contribution < 1.29 is 36.8 Å². The summed E-state index contributed by atoms with van der Waals surface area (Å²) in [4.78, 5) is 0.0915. The smallest absolute Gasteiger partial charge is 0.203 e. The van der Waals surface area contributed by atoms with Crippen LogP contribution in [0.2, 0.25) is 0 Å². The van der Waals surface area contributed by atoms with E-state index >= 15 is 0 Å². The molecular formula is C26H36O8S. The van der Waals surface area contributed by atoms with Gasteiger partial charge in [0.2, 0.25) is 5.75 Å². The quantitative estimate of drug-likeness (QED) is 0.441. The Morgan fingerprint density at radius 3 is 1.86 bits per heavy atom. The fourth-order valence-electron chi connectivity index (χ4n) is 5.07. The third-order valence-electron chi connectivity index (χ3n) is 6.66. The molecule has 0 aliphatic heterocycles. The minimum atomic E-state index is -3.63. The van der Waals surface area contributed by atoms with Gasteiger partial charge in [0, 0.05) is 18.8 Å². The largest absolute Gasteiger partial charge is 0.493 e. The summed E-state index contributed by atoms with van der Waals surface area (Å²) in [5.41, 5.74) is 0.953. The molecule has 1 fully saturated rings. The highest BCUT2D eigenvalue weighted by Crippen LogP contribution is 2.53.